The Kier molecular flexibility index (Phi) is 6.55. The standard InChI is InChI=1S/C50H32N2O/c1-2-15-38(16-3-1)51(39-26-24-34(25-27-39)36-23-22-33-12-4-5-13-35(33)30-36)40-28-29-48-44(32-40)49-47(31-37-14-6-7-17-41(37)50(49)53-48)52-45-20-10-8-18-42(45)43-19-9-11-21-46(43)52/h1-32H. The average Bonchev–Trinajstić information content (AvgIpc) is 3.78. The van der Waals surface area contributed by atoms with E-state index in [9.17, 15) is 0 Å². The predicted octanol–water partition coefficient (Wildman–Crippen LogP) is 14.1. The largest absolute Gasteiger partial charge is 0.455 e. The third kappa shape index (κ3) is 4.68. The van der Waals surface area contributed by atoms with Crippen molar-refractivity contribution in [3.63, 3.8) is 0 Å². The second-order valence-corrected chi connectivity index (χ2v) is 13.8. The quantitative estimate of drug-likeness (QED) is 0.181. The van der Waals surface area contributed by atoms with E-state index in [1.807, 2.05) is 0 Å². The molecule has 3 heteroatoms. The Labute approximate surface area is 306 Å². The molecule has 2 heterocycles. The average molecular weight is 677 g/mol. The summed E-state index contributed by atoms with van der Waals surface area (Å²) in [4.78, 5) is 2.34. The molecule has 53 heavy (non-hydrogen) atoms. The molecular formula is C50H32N2O. The van der Waals surface area contributed by atoms with Crippen molar-refractivity contribution in [1.82, 2.24) is 4.57 Å². The second-order valence-electron chi connectivity index (χ2n) is 13.8. The minimum Gasteiger partial charge on any atom is -0.455 e. The van der Waals surface area contributed by atoms with E-state index in [1.165, 1.54) is 43.7 Å². The molecule has 0 aliphatic heterocycles. The summed E-state index contributed by atoms with van der Waals surface area (Å²) < 4.78 is 9.26. The van der Waals surface area contributed by atoms with Crippen molar-refractivity contribution in [2.45, 2.75) is 0 Å². The van der Waals surface area contributed by atoms with Crippen molar-refractivity contribution in [2.24, 2.45) is 0 Å². The zero-order chi connectivity index (χ0) is 34.9. The molecule has 0 N–H and O–H groups in total. The smallest absolute Gasteiger partial charge is 0.145 e. The highest BCUT2D eigenvalue weighted by molar-refractivity contribution is 6.21. The van der Waals surface area contributed by atoms with Gasteiger partial charge in [-0.05, 0) is 94.0 Å². The number of hydrogen-bond acceptors (Lipinski definition) is 2. The summed E-state index contributed by atoms with van der Waals surface area (Å²) in [5.74, 6) is 0. The van der Waals surface area contributed by atoms with E-state index in [2.05, 4.69) is 204 Å². The fourth-order valence-corrected chi connectivity index (χ4v) is 8.27. The number of rotatable bonds is 5. The minimum absolute atomic E-state index is 0.863. The third-order valence-corrected chi connectivity index (χ3v) is 10.7. The van der Waals surface area contributed by atoms with E-state index in [1.54, 1.807) is 0 Å². The van der Waals surface area contributed by atoms with Crippen LogP contribution >= 0.6 is 0 Å². The third-order valence-electron chi connectivity index (χ3n) is 10.7. The van der Waals surface area contributed by atoms with Crippen LogP contribution in [0.2, 0.25) is 0 Å². The Hall–Kier alpha value is -7.10. The van der Waals surface area contributed by atoms with Gasteiger partial charge in [0, 0.05) is 38.6 Å². The van der Waals surface area contributed by atoms with Gasteiger partial charge in [0.05, 0.1) is 22.1 Å². The Morgan fingerprint density at radius 1 is 0.377 bits per heavy atom. The molecule has 3 nitrogen and oxygen atoms in total. The summed E-state index contributed by atoms with van der Waals surface area (Å²) in [5.41, 5.74) is 10.8. The van der Waals surface area contributed by atoms with Crippen molar-refractivity contribution in [1.29, 1.82) is 0 Å². The molecule has 0 amide bonds. The van der Waals surface area contributed by atoms with Crippen molar-refractivity contribution < 1.29 is 4.42 Å². The summed E-state index contributed by atoms with van der Waals surface area (Å²) in [5, 5.41) is 9.40. The van der Waals surface area contributed by atoms with E-state index in [0.717, 1.165) is 55.5 Å². The normalized spacial score (nSPS) is 11.8. The topological polar surface area (TPSA) is 21.3 Å². The maximum Gasteiger partial charge on any atom is 0.145 e. The molecule has 11 rings (SSSR count). The number of furan rings is 1. The Morgan fingerprint density at radius 2 is 0.962 bits per heavy atom. The molecule has 0 fully saturated rings. The van der Waals surface area contributed by atoms with Gasteiger partial charge in [-0.25, -0.2) is 0 Å². The van der Waals surface area contributed by atoms with Crippen molar-refractivity contribution in [3.8, 4) is 16.8 Å². The van der Waals surface area contributed by atoms with Crippen LogP contribution in [0.1, 0.15) is 0 Å². The van der Waals surface area contributed by atoms with E-state index < -0.39 is 0 Å². The first kappa shape index (κ1) is 29.6. The Morgan fingerprint density at radius 3 is 1.72 bits per heavy atom. The van der Waals surface area contributed by atoms with Gasteiger partial charge in [0.15, 0.2) is 0 Å². The SMILES string of the molecule is c1ccc(N(c2ccc(-c3ccc4ccccc4c3)cc2)c2ccc3oc4c5ccccc5cc(-n5c6ccccc6c6ccccc65)c4c3c2)cc1. The first-order valence-corrected chi connectivity index (χ1v) is 18.1. The number of anilines is 3. The zero-order valence-electron chi connectivity index (χ0n) is 28.8. The van der Waals surface area contributed by atoms with Crippen molar-refractivity contribution in [2.75, 3.05) is 4.90 Å². The summed E-state index contributed by atoms with van der Waals surface area (Å²) in [6.07, 6.45) is 0. The molecule has 0 aliphatic rings. The molecule has 0 aliphatic carbocycles. The van der Waals surface area contributed by atoms with Crippen LogP contribution in [0.4, 0.5) is 17.1 Å². The van der Waals surface area contributed by atoms with Crippen molar-refractivity contribution >= 4 is 82.4 Å². The Balaban J connectivity index is 1.14. The molecule has 0 unspecified atom stereocenters. The predicted molar refractivity (Wildman–Crippen MR) is 223 cm³/mol. The fraction of sp³-hybridized carbons (Fsp3) is 0. The zero-order valence-corrected chi connectivity index (χ0v) is 28.8. The van der Waals surface area contributed by atoms with Gasteiger partial charge in [-0.3, -0.25) is 0 Å². The number of benzene rings is 9. The number of para-hydroxylation sites is 3. The van der Waals surface area contributed by atoms with Crippen LogP contribution in [0.5, 0.6) is 0 Å². The van der Waals surface area contributed by atoms with Gasteiger partial charge in [-0.15, -0.1) is 0 Å². The van der Waals surface area contributed by atoms with Gasteiger partial charge < -0.3 is 13.9 Å². The van der Waals surface area contributed by atoms with Crippen molar-refractivity contribution in [3.05, 3.63) is 194 Å². The van der Waals surface area contributed by atoms with E-state index in [4.69, 9.17) is 4.42 Å². The summed E-state index contributed by atoms with van der Waals surface area (Å²) in [7, 11) is 0. The molecule has 2 aromatic heterocycles. The molecule has 9 aromatic carbocycles. The number of aromatic nitrogens is 1. The van der Waals surface area contributed by atoms with Crippen LogP contribution in [-0.4, -0.2) is 4.57 Å². The lowest BCUT2D eigenvalue weighted by molar-refractivity contribution is 0.672. The molecule has 0 saturated heterocycles. The number of nitrogens with zero attached hydrogens (tertiary/aromatic N) is 2. The van der Waals surface area contributed by atoms with E-state index >= 15 is 0 Å². The van der Waals surface area contributed by atoms with E-state index in [0.29, 0.717) is 0 Å². The number of hydrogen-bond donors (Lipinski definition) is 0. The van der Waals surface area contributed by atoms with Gasteiger partial charge in [0.1, 0.15) is 11.2 Å². The van der Waals surface area contributed by atoms with Crippen LogP contribution in [0.15, 0.2) is 199 Å². The molecule has 0 atom stereocenters. The van der Waals surface area contributed by atoms with Crippen LogP contribution in [0.3, 0.4) is 0 Å². The molecule has 248 valence electrons. The minimum atomic E-state index is 0.863. The number of fused-ring (bicyclic) bond motifs is 9. The van der Waals surface area contributed by atoms with Gasteiger partial charge >= 0.3 is 0 Å². The van der Waals surface area contributed by atoms with Crippen LogP contribution in [0, 0.1) is 0 Å². The highest BCUT2D eigenvalue weighted by Crippen LogP contribution is 2.44. The maximum atomic E-state index is 6.84. The van der Waals surface area contributed by atoms with Crippen LogP contribution in [-0.2, 0) is 0 Å². The fourth-order valence-electron chi connectivity index (χ4n) is 8.27. The molecule has 11 aromatic rings. The summed E-state index contributed by atoms with van der Waals surface area (Å²) in [6, 6.07) is 69.7. The van der Waals surface area contributed by atoms with Crippen LogP contribution < -0.4 is 4.90 Å². The van der Waals surface area contributed by atoms with Gasteiger partial charge in [-0.2, -0.15) is 0 Å². The first-order chi connectivity index (χ1) is 26.3. The maximum absolute atomic E-state index is 6.84. The highest BCUT2D eigenvalue weighted by atomic mass is 16.3. The lowest BCUT2D eigenvalue weighted by Crippen LogP contribution is -2.09. The highest BCUT2D eigenvalue weighted by Gasteiger charge is 2.22. The lowest BCUT2D eigenvalue weighted by atomic mass is 10.0. The monoisotopic (exact) mass is 676 g/mol. The summed E-state index contributed by atoms with van der Waals surface area (Å²) >= 11 is 0. The van der Waals surface area contributed by atoms with Crippen LogP contribution in [0.25, 0.3) is 82.1 Å². The molecular weight excluding hydrogens is 645 g/mol. The Bertz CT molecular complexity index is 3120. The van der Waals surface area contributed by atoms with Gasteiger partial charge in [0.25, 0.3) is 0 Å². The second kappa shape index (κ2) is 11.7. The van der Waals surface area contributed by atoms with Gasteiger partial charge in [-0.1, -0.05) is 127 Å². The molecule has 0 bridgehead atoms. The molecule has 0 spiro atoms. The van der Waals surface area contributed by atoms with Gasteiger partial charge in [0.2, 0.25) is 0 Å². The van der Waals surface area contributed by atoms with E-state index in [-0.39, 0.29) is 0 Å². The first-order valence-electron chi connectivity index (χ1n) is 18.1. The summed E-state index contributed by atoms with van der Waals surface area (Å²) in [6.45, 7) is 0. The molecule has 0 radical (unpaired) electrons. The lowest BCUT2D eigenvalue weighted by Gasteiger charge is -2.25. The molecule has 0 saturated carbocycles.